The number of halogens is 2. The SMILES string of the molecule is CN(Cc1cc(Cl)ccc1F)C1CCCCC1O. The average molecular weight is 272 g/mol. The summed E-state index contributed by atoms with van der Waals surface area (Å²) in [6, 6.07) is 4.72. The van der Waals surface area contributed by atoms with Crippen LogP contribution in [0.4, 0.5) is 4.39 Å². The monoisotopic (exact) mass is 271 g/mol. The van der Waals surface area contributed by atoms with Crippen LogP contribution < -0.4 is 0 Å². The summed E-state index contributed by atoms with van der Waals surface area (Å²) in [6.07, 6.45) is 3.72. The lowest BCUT2D eigenvalue weighted by molar-refractivity contribution is 0.0284. The van der Waals surface area contributed by atoms with Crippen molar-refractivity contribution in [1.82, 2.24) is 4.90 Å². The maximum Gasteiger partial charge on any atom is 0.127 e. The van der Waals surface area contributed by atoms with Crippen molar-refractivity contribution < 1.29 is 9.50 Å². The molecule has 1 aromatic rings. The second kappa shape index (κ2) is 6.00. The van der Waals surface area contributed by atoms with E-state index in [0.29, 0.717) is 17.1 Å². The molecule has 1 fully saturated rings. The summed E-state index contributed by atoms with van der Waals surface area (Å²) in [5.41, 5.74) is 0.586. The van der Waals surface area contributed by atoms with Crippen LogP contribution in [0.2, 0.25) is 5.02 Å². The standard InChI is InChI=1S/C14H19ClFNO/c1-17(13-4-2-3-5-14(13)18)9-10-8-11(15)6-7-12(10)16/h6-8,13-14,18H,2-5,9H2,1H3. The maximum absolute atomic E-state index is 13.6. The fourth-order valence-electron chi connectivity index (χ4n) is 2.66. The van der Waals surface area contributed by atoms with Gasteiger partial charge in [0.15, 0.2) is 0 Å². The molecule has 2 nitrogen and oxygen atoms in total. The molecule has 1 aliphatic rings. The Kier molecular flexibility index (Phi) is 4.60. The molecule has 4 heteroatoms. The third-order valence-corrected chi connectivity index (χ3v) is 3.92. The molecule has 2 unspecified atom stereocenters. The fourth-order valence-corrected chi connectivity index (χ4v) is 2.85. The topological polar surface area (TPSA) is 23.5 Å². The van der Waals surface area contributed by atoms with Crippen LogP contribution in [0.15, 0.2) is 18.2 Å². The van der Waals surface area contributed by atoms with Crippen LogP contribution in [0.5, 0.6) is 0 Å². The lowest BCUT2D eigenvalue weighted by Crippen LogP contribution is -2.43. The van der Waals surface area contributed by atoms with Crippen molar-refractivity contribution >= 4 is 11.6 Å². The van der Waals surface area contributed by atoms with Crippen molar-refractivity contribution in [2.75, 3.05) is 7.05 Å². The second-order valence-corrected chi connectivity index (χ2v) is 5.51. The average Bonchev–Trinajstić information content (AvgIpc) is 2.34. The molecule has 0 aliphatic heterocycles. The Hall–Kier alpha value is -0.640. The molecule has 1 aliphatic carbocycles. The van der Waals surface area contributed by atoms with Crippen LogP contribution in [0.1, 0.15) is 31.2 Å². The zero-order valence-electron chi connectivity index (χ0n) is 10.6. The molecule has 18 heavy (non-hydrogen) atoms. The zero-order valence-corrected chi connectivity index (χ0v) is 11.3. The van der Waals surface area contributed by atoms with Crippen molar-refractivity contribution in [2.24, 2.45) is 0 Å². The van der Waals surface area contributed by atoms with Crippen LogP contribution in [-0.4, -0.2) is 29.2 Å². The molecule has 0 spiro atoms. The van der Waals surface area contributed by atoms with Gasteiger partial charge in [-0.15, -0.1) is 0 Å². The first-order valence-corrected chi connectivity index (χ1v) is 6.78. The summed E-state index contributed by atoms with van der Waals surface area (Å²) in [5.74, 6) is -0.239. The number of benzene rings is 1. The van der Waals surface area contributed by atoms with E-state index in [1.54, 1.807) is 12.1 Å². The lowest BCUT2D eigenvalue weighted by atomic mass is 9.91. The van der Waals surface area contributed by atoms with Gasteiger partial charge in [-0.25, -0.2) is 4.39 Å². The highest BCUT2D eigenvalue weighted by molar-refractivity contribution is 6.30. The number of likely N-dealkylation sites (N-methyl/N-ethyl adjacent to an activating group) is 1. The third-order valence-electron chi connectivity index (χ3n) is 3.69. The molecule has 0 aromatic heterocycles. The molecule has 2 rings (SSSR count). The first kappa shape index (κ1) is 13.8. The molecule has 1 N–H and O–H groups in total. The Balaban J connectivity index is 2.05. The van der Waals surface area contributed by atoms with Gasteiger partial charge in [-0.3, -0.25) is 4.90 Å². The Morgan fingerprint density at radius 3 is 2.83 bits per heavy atom. The van der Waals surface area contributed by atoms with Crippen molar-refractivity contribution in [3.8, 4) is 0 Å². The number of rotatable bonds is 3. The van der Waals surface area contributed by atoms with Crippen LogP contribution >= 0.6 is 11.6 Å². The molecule has 2 atom stereocenters. The van der Waals surface area contributed by atoms with Crippen molar-refractivity contribution in [3.63, 3.8) is 0 Å². The molecular formula is C14H19ClFNO. The van der Waals surface area contributed by atoms with Gasteiger partial charge in [0.2, 0.25) is 0 Å². The van der Waals surface area contributed by atoms with Crippen molar-refractivity contribution in [1.29, 1.82) is 0 Å². The summed E-state index contributed by atoms with van der Waals surface area (Å²) in [6.45, 7) is 0.480. The van der Waals surface area contributed by atoms with Gasteiger partial charge in [-0.2, -0.15) is 0 Å². The van der Waals surface area contributed by atoms with Crippen LogP contribution in [0, 0.1) is 5.82 Å². The van der Waals surface area contributed by atoms with Gasteiger partial charge in [0.25, 0.3) is 0 Å². The predicted octanol–water partition coefficient (Wildman–Crippen LogP) is 3.21. The molecule has 0 saturated heterocycles. The van der Waals surface area contributed by atoms with Gasteiger partial charge in [-0.05, 0) is 38.1 Å². The van der Waals surface area contributed by atoms with Gasteiger partial charge >= 0.3 is 0 Å². The molecule has 0 radical (unpaired) electrons. The van der Waals surface area contributed by atoms with E-state index in [4.69, 9.17) is 11.6 Å². The predicted molar refractivity (Wildman–Crippen MR) is 71.1 cm³/mol. The molecule has 0 bridgehead atoms. The minimum absolute atomic E-state index is 0.122. The molecule has 0 heterocycles. The van der Waals surface area contributed by atoms with Gasteiger partial charge in [0.1, 0.15) is 5.82 Å². The minimum atomic E-state index is -0.300. The summed E-state index contributed by atoms with van der Waals surface area (Å²) >= 11 is 5.88. The summed E-state index contributed by atoms with van der Waals surface area (Å²) in [7, 11) is 1.93. The van der Waals surface area contributed by atoms with E-state index in [0.717, 1.165) is 25.7 Å². The Morgan fingerprint density at radius 2 is 2.11 bits per heavy atom. The van der Waals surface area contributed by atoms with Gasteiger partial charge in [0.05, 0.1) is 6.10 Å². The van der Waals surface area contributed by atoms with Gasteiger partial charge in [0, 0.05) is 23.2 Å². The third kappa shape index (κ3) is 3.22. The van der Waals surface area contributed by atoms with Crippen LogP contribution in [-0.2, 0) is 6.54 Å². The second-order valence-electron chi connectivity index (χ2n) is 5.07. The van der Waals surface area contributed by atoms with Crippen LogP contribution in [0.3, 0.4) is 0 Å². The number of nitrogens with zero attached hydrogens (tertiary/aromatic N) is 1. The summed E-state index contributed by atoms with van der Waals surface area (Å²) < 4.78 is 13.6. The molecule has 1 saturated carbocycles. The number of hydrogen-bond acceptors (Lipinski definition) is 2. The van der Waals surface area contributed by atoms with E-state index in [-0.39, 0.29) is 18.0 Å². The quantitative estimate of drug-likeness (QED) is 0.913. The van der Waals surface area contributed by atoms with E-state index < -0.39 is 0 Å². The zero-order chi connectivity index (χ0) is 13.1. The first-order valence-electron chi connectivity index (χ1n) is 6.40. The number of aliphatic hydroxyl groups excluding tert-OH is 1. The summed E-state index contributed by atoms with van der Waals surface area (Å²) in [5, 5.41) is 10.5. The van der Waals surface area contributed by atoms with Crippen molar-refractivity contribution in [2.45, 2.75) is 44.4 Å². The Bertz CT molecular complexity index is 413. The fraction of sp³-hybridized carbons (Fsp3) is 0.571. The van der Waals surface area contributed by atoms with Crippen molar-refractivity contribution in [3.05, 3.63) is 34.6 Å². The largest absolute Gasteiger partial charge is 0.391 e. The highest BCUT2D eigenvalue weighted by atomic mass is 35.5. The maximum atomic E-state index is 13.6. The highest BCUT2D eigenvalue weighted by Crippen LogP contribution is 2.24. The minimum Gasteiger partial charge on any atom is -0.391 e. The molecule has 0 amide bonds. The molecule has 1 aromatic carbocycles. The number of hydrogen-bond donors (Lipinski definition) is 1. The number of aliphatic hydroxyl groups is 1. The van der Waals surface area contributed by atoms with E-state index in [1.807, 2.05) is 11.9 Å². The van der Waals surface area contributed by atoms with Crippen LogP contribution in [0.25, 0.3) is 0 Å². The lowest BCUT2D eigenvalue weighted by Gasteiger charge is -2.35. The van der Waals surface area contributed by atoms with E-state index in [9.17, 15) is 9.50 Å². The van der Waals surface area contributed by atoms with E-state index in [2.05, 4.69) is 0 Å². The van der Waals surface area contributed by atoms with E-state index in [1.165, 1.54) is 6.07 Å². The Morgan fingerprint density at radius 1 is 1.39 bits per heavy atom. The van der Waals surface area contributed by atoms with Gasteiger partial charge < -0.3 is 5.11 Å². The van der Waals surface area contributed by atoms with E-state index >= 15 is 0 Å². The molecular weight excluding hydrogens is 253 g/mol. The van der Waals surface area contributed by atoms with Gasteiger partial charge in [-0.1, -0.05) is 24.4 Å². The Labute approximate surface area is 112 Å². The normalized spacial score (nSPS) is 24.5. The summed E-state index contributed by atoms with van der Waals surface area (Å²) in [4.78, 5) is 2.03. The molecule has 100 valence electrons. The smallest absolute Gasteiger partial charge is 0.127 e. The highest BCUT2D eigenvalue weighted by Gasteiger charge is 2.26. The first-order chi connectivity index (χ1) is 8.58.